The number of hydrogen-bond donors (Lipinski definition) is 0. The van der Waals surface area contributed by atoms with E-state index in [1.165, 1.54) is 19.3 Å². The minimum absolute atomic E-state index is 0.107. The second-order valence-corrected chi connectivity index (χ2v) is 5.31. The zero-order valence-corrected chi connectivity index (χ0v) is 10.7. The van der Waals surface area contributed by atoms with Gasteiger partial charge in [-0.15, -0.1) is 11.6 Å². The van der Waals surface area contributed by atoms with Gasteiger partial charge < -0.3 is 9.80 Å². The van der Waals surface area contributed by atoms with E-state index in [-0.39, 0.29) is 11.8 Å². The molecule has 4 heteroatoms. The van der Waals surface area contributed by atoms with Crippen LogP contribution in [0.4, 0.5) is 0 Å². The molecule has 2 aliphatic rings. The van der Waals surface area contributed by atoms with Gasteiger partial charge in [-0.2, -0.15) is 0 Å². The summed E-state index contributed by atoms with van der Waals surface area (Å²) in [6.07, 6.45) is 6.17. The molecular formula is C12H21ClN2O. The van der Waals surface area contributed by atoms with E-state index >= 15 is 0 Å². The summed E-state index contributed by atoms with van der Waals surface area (Å²) in [5.41, 5.74) is 0. The first-order valence-corrected chi connectivity index (χ1v) is 6.81. The summed E-state index contributed by atoms with van der Waals surface area (Å²) >= 11 is 5.66. The van der Waals surface area contributed by atoms with E-state index in [1.54, 1.807) is 0 Å². The molecule has 0 aromatic carbocycles. The van der Waals surface area contributed by atoms with Gasteiger partial charge >= 0.3 is 0 Å². The van der Waals surface area contributed by atoms with Crippen molar-refractivity contribution in [1.82, 2.24) is 9.80 Å². The maximum absolute atomic E-state index is 11.7. The molecule has 1 heterocycles. The van der Waals surface area contributed by atoms with Crippen molar-refractivity contribution in [2.24, 2.45) is 0 Å². The Hall–Kier alpha value is -0.280. The molecule has 0 spiro atoms. The normalized spacial score (nSPS) is 26.2. The van der Waals surface area contributed by atoms with E-state index in [4.69, 9.17) is 11.6 Å². The number of hydrogen-bond acceptors (Lipinski definition) is 2. The molecule has 1 saturated heterocycles. The van der Waals surface area contributed by atoms with Crippen molar-refractivity contribution in [2.75, 3.05) is 26.0 Å². The lowest BCUT2D eigenvalue weighted by Crippen LogP contribution is -2.49. The summed E-state index contributed by atoms with van der Waals surface area (Å²) in [7, 11) is 2.18. The first-order valence-electron chi connectivity index (χ1n) is 6.28. The predicted molar refractivity (Wildman–Crippen MR) is 65.7 cm³/mol. The van der Waals surface area contributed by atoms with Gasteiger partial charge in [0.05, 0.1) is 0 Å². The number of likely N-dealkylation sites (tertiary alicyclic amines) is 1. The molecule has 0 radical (unpaired) electrons. The van der Waals surface area contributed by atoms with Crippen LogP contribution in [0.15, 0.2) is 0 Å². The Bertz CT molecular complexity index is 255. The summed E-state index contributed by atoms with van der Waals surface area (Å²) in [5, 5.41) is 0. The van der Waals surface area contributed by atoms with Crippen molar-refractivity contribution in [3.63, 3.8) is 0 Å². The number of carbonyl (C=O) groups excluding carboxylic acids is 1. The van der Waals surface area contributed by atoms with Gasteiger partial charge in [-0.25, -0.2) is 0 Å². The van der Waals surface area contributed by atoms with Gasteiger partial charge in [0.1, 0.15) is 5.88 Å². The SMILES string of the molecule is CN(CC1CCCCN1C(=O)CCl)C1CC1. The van der Waals surface area contributed by atoms with Crippen LogP contribution in [-0.2, 0) is 4.79 Å². The highest BCUT2D eigenvalue weighted by Gasteiger charge is 2.32. The summed E-state index contributed by atoms with van der Waals surface area (Å²) in [5.74, 6) is 0.236. The van der Waals surface area contributed by atoms with Crippen LogP contribution in [0.1, 0.15) is 32.1 Å². The summed E-state index contributed by atoms with van der Waals surface area (Å²) < 4.78 is 0. The molecule has 92 valence electrons. The van der Waals surface area contributed by atoms with E-state index in [0.29, 0.717) is 6.04 Å². The molecule has 2 fully saturated rings. The number of halogens is 1. The minimum Gasteiger partial charge on any atom is -0.337 e. The van der Waals surface area contributed by atoms with Gasteiger partial charge in [0.25, 0.3) is 0 Å². The highest BCUT2D eigenvalue weighted by atomic mass is 35.5. The van der Waals surface area contributed by atoms with Crippen LogP contribution in [0.3, 0.4) is 0 Å². The molecule has 2 rings (SSSR count). The Labute approximate surface area is 103 Å². The van der Waals surface area contributed by atoms with Crippen LogP contribution in [0.5, 0.6) is 0 Å². The Kier molecular flexibility index (Phi) is 4.09. The Morgan fingerprint density at radius 2 is 2.12 bits per heavy atom. The highest BCUT2D eigenvalue weighted by Crippen LogP contribution is 2.27. The third-order valence-corrected chi connectivity index (χ3v) is 3.96. The lowest BCUT2D eigenvalue weighted by atomic mass is 10.0. The van der Waals surface area contributed by atoms with Gasteiger partial charge in [0.15, 0.2) is 0 Å². The van der Waals surface area contributed by atoms with Crippen molar-refractivity contribution < 1.29 is 4.79 Å². The molecule has 1 aliphatic heterocycles. The molecule has 3 nitrogen and oxygen atoms in total. The lowest BCUT2D eigenvalue weighted by molar-refractivity contribution is -0.132. The predicted octanol–water partition coefficient (Wildman–Crippen LogP) is 1.70. The number of likely N-dealkylation sites (N-methyl/N-ethyl adjacent to an activating group) is 1. The van der Waals surface area contributed by atoms with Crippen molar-refractivity contribution in [2.45, 2.75) is 44.2 Å². The summed E-state index contributed by atoms with van der Waals surface area (Å²) in [4.78, 5) is 16.1. The first-order chi connectivity index (χ1) is 7.72. The Morgan fingerprint density at radius 1 is 1.38 bits per heavy atom. The van der Waals surface area contributed by atoms with Gasteiger partial charge in [0, 0.05) is 25.2 Å². The second kappa shape index (κ2) is 5.37. The first kappa shape index (κ1) is 12.2. The zero-order chi connectivity index (χ0) is 11.5. The quantitative estimate of drug-likeness (QED) is 0.703. The third-order valence-electron chi connectivity index (χ3n) is 3.73. The van der Waals surface area contributed by atoms with Crippen LogP contribution in [0.2, 0.25) is 0 Å². The summed E-state index contributed by atoms with van der Waals surface area (Å²) in [6, 6.07) is 1.17. The van der Waals surface area contributed by atoms with Crippen LogP contribution < -0.4 is 0 Å². The average Bonchev–Trinajstić information content (AvgIpc) is 3.12. The monoisotopic (exact) mass is 244 g/mol. The molecule has 16 heavy (non-hydrogen) atoms. The Morgan fingerprint density at radius 3 is 2.75 bits per heavy atom. The molecule has 1 atom stereocenters. The van der Waals surface area contributed by atoms with Crippen LogP contribution >= 0.6 is 11.6 Å². The Balaban J connectivity index is 1.90. The molecule has 1 unspecified atom stereocenters. The molecular weight excluding hydrogens is 224 g/mol. The lowest BCUT2D eigenvalue weighted by Gasteiger charge is -2.37. The smallest absolute Gasteiger partial charge is 0.237 e. The zero-order valence-electron chi connectivity index (χ0n) is 9.99. The van der Waals surface area contributed by atoms with Crippen LogP contribution in [0, 0.1) is 0 Å². The number of amides is 1. The third kappa shape index (κ3) is 2.89. The van der Waals surface area contributed by atoms with Crippen molar-refractivity contribution >= 4 is 17.5 Å². The topological polar surface area (TPSA) is 23.6 Å². The van der Waals surface area contributed by atoms with Crippen LogP contribution in [-0.4, -0.2) is 53.8 Å². The van der Waals surface area contributed by atoms with E-state index < -0.39 is 0 Å². The number of carbonyl (C=O) groups is 1. The summed E-state index contributed by atoms with van der Waals surface area (Å²) in [6.45, 7) is 1.92. The maximum Gasteiger partial charge on any atom is 0.237 e. The molecule has 0 N–H and O–H groups in total. The number of alkyl halides is 1. The molecule has 0 bridgehead atoms. The molecule has 0 aromatic rings. The minimum atomic E-state index is 0.107. The number of piperidine rings is 1. The molecule has 0 aromatic heterocycles. The van der Waals surface area contributed by atoms with Gasteiger partial charge in [0.2, 0.25) is 5.91 Å². The molecule has 1 aliphatic carbocycles. The van der Waals surface area contributed by atoms with Crippen LogP contribution in [0.25, 0.3) is 0 Å². The number of rotatable bonds is 4. The number of nitrogens with zero attached hydrogens (tertiary/aromatic N) is 2. The fourth-order valence-electron chi connectivity index (χ4n) is 2.59. The van der Waals surface area contributed by atoms with Gasteiger partial charge in [-0.05, 0) is 39.2 Å². The van der Waals surface area contributed by atoms with Crippen molar-refractivity contribution in [3.05, 3.63) is 0 Å². The van der Waals surface area contributed by atoms with Gasteiger partial charge in [-0.1, -0.05) is 0 Å². The fourth-order valence-corrected chi connectivity index (χ4v) is 2.75. The molecule has 1 amide bonds. The largest absolute Gasteiger partial charge is 0.337 e. The average molecular weight is 245 g/mol. The van der Waals surface area contributed by atoms with Crippen molar-refractivity contribution in [3.8, 4) is 0 Å². The fraction of sp³-hybridized carbons (Fsp3) is 0.917. The second-order valence-electron chi connectivity index (χ2n) is 5.04. The maximum atomic E-state index is 11.7. The van der Waals surface area contributed by atoms with E-state index in [1.807, 2.05) is 4.90 Å². The van der Waals surface area contributed by atoms with E-state index in [9.17, 15) is 4.79 Å². The molecule has 1 saturated carbocycles. The highest BCUT2D eigenvalue weighted by molar-refractivity contribution is 6.27. The van der Waals surface area contributed by atoms with E-state index in [0.717, 1.165) is 32.0 Å². The van der Waals surface area contributed by atoms with E-state index in [2.05, 4.69) is 11.9 Å². The van der Waals surface area contributed by atoms with Crippen molar-refractivity contribution in [1.29, 1.82) is 0 Å². The van der Waals surface area contributed by atoms with Gasteiger partial charge in [-0.3, -0.25) is 4.79 Å². The standard InChI is InChI=1S/C12H21ClN2O/c1-14(10-5-6-10)9-11-4-2-3-7-15(11)12(16)8-13/h10-11H,2-9H2,1H3.